The van der Waals surface area contributed by atoms with Crippen molar-refractivity contribution in [3.05, 3.63) is 78.0 Å². The van der Waals surface area contributed by atoms with Gasteiger partial charge < -0.3 is 15.1 Å². The van der Waals surface area contributed by atoms with Crippen LogP contribution in [0.1, 0.15) is 16.1 Å². The Hall–Kier alpha value is -3.22. The minimum Gasteiger partial charge on any atom is -0.467 e. The van der Waals surface area contributed by atoms with Gasteiger partial charge in [-0.05, 0) is 30.3 Å². The van der Waals surface area contributed by atoms with Crippen molar-refractivity contribution in [1.29, 1.82) is 0 Å². The third-order valence-corrected chi connectivity index (χ3v) is 3.21. The Kier molecular flexibility index (Phi) is 4.51. The van der Waals surface area contributed by atoms with Gasteiger partial charge in [0.1, 0.15) is 5.76 Å². The number of rotatable bonds is 5. The number of carbonyl (C=O) groups excluding carboxylic acids is 1. The second kappa shape index (κ2) is 6.91. The highest BCUT2D eigenvalue weighted by atomic mass is 19.2. The number of benzene rings is 1. The Morgan fingerprint density at radius 3 is 2.71 bits per heavy atom. The lowest BCUT2D eigenvalue weighted by molar-refractivity contribution is 0.0947. The number of halogens is 2. The van der Waals surface area contributed by atoms with Gasteiger partial charge in [0, 0.05) is 18.0 Å². The molecule has 0 radical (unpaired) electrons. The van der Waals surface area contributed by atoms with E-state index in [4.69, 9.17) is 4.42 Å². The quantitative estimate of drug-likeness (QED) is 0.750. The number of aromatic nitrogens is 1. The number of pyridine rings is 1. The number of furan rings is 1. The molecule has 2 heterocycles. The van der Waals surface area contributed by atoms with Crippen molar-refractivity contribution in [2.75, 3.05) is 5.32 Å². The fraction of sp³-hybridized carbons (Fsp3) is 0.0588. The SMILES string of the molecule is O=C(NCc1ccco1)c1cncc(Nc2ccc(F)c(F)c2)c1. The first-order chi connectivity index (χ1) is 11.6. The van der Waals surface area contributed by atoms with Gasteiger partial charge in [0.15, 0.2) is 11.6 Å². The fourth-order valence-electron chi connectivity index (χ4n) is 2.06. The van der Waals surface area contributed by atoms with Gasteiger partial charge in [-0.1, -0.05) is 0 Å². The monoisotopic (exact) mass is 329 g/mol. The van der Waals surface area contributed by atoms with Gasteiger partial charge in [-0.2, -0.15) is 0 Å². The zero-order chi connectivity index (χ0) is 16.9. The van der Waals surface area contributed by atoms with Crippen LogP contribution in [0.4, 0.5) is 20.2 Å². The molecule has 5 nitrogen and oxygen atoms in total. The van der Waals surface area contributed by atoms with Crippen LogP contribution in [0.5, 0.6) is 0 Å². The molecule has 2 aromatic heterocycles. The van der Waals surface area contributed by atoms with Gasteiger partial charge in [-0.15, -0.1) is 0 Å². The number of carbonyl (C=O) groups is 1. The molecule has 0 aliphatic rings. The van der Waals surface area contributed by atoms with E-state index in [1.54, 1.807) is 18.2 Å². The van der Waals surface area contributed by atoms with E-state index in [0.717, 1.165) is 12.1 Å². The summed E-state index contributed by atoms with van der Waals surface area (Å²) in [5, 5.41) is 5.57. The van der Waals surface area contributed by atoms with Crippen LogP contribution < -0.4 is 10.6 Å². The van der Waals surface area contributed by atoms with E-state index in [-0.39, 0.29) is 12.5 Å². The third kappa shape index (κ3) is 3.75. The summed E-state index contributed by atoms with van der Waals surface area (Å²) in [7, 11) is 0. The molecular formula is C17H13F2N3O2. The van der Waals surface area contributed by atoms with Crippen molar-refractivity contribution in [3.63, 3.8) is 0 Å². The predicted molar refractivity (Wildman–Crippen MR) is 83.8 cm³/mol. The smallest absolute Gasteiger partial charge is 0.253 e. The summed E-state index contributed by atoms with van der Waals surface area (Å²) in [4.78, 5) is 16.1. The molecule has 2 N–H and O–H groups in total. The standard InChI is InChI=1S/C17H13F2N3O2/c18-15-4-3-12(7-16(15)19)22-13-6-11(8-20-9-13)17(23)21-10-14-2-1-5-24-14/h1-9,22H,10H2,(H,21,23). The summed E-state index contributed by atoms with van der Waals surface area (Å²) in [6.45, 7) is 0.257. The Morgan fingerprint density at radius 1 is 1.08 bits per heavy atom. The van der Waals surface area contributed by atoms with E-state index in [1.165, 1.54) is 24.7 Å². The van der Waals surface area contributed by atoms with E-state index in [1.807, 2.05) is 0 Å². The van der Waals surface area contributed by atoms with Crippen molar-refractivity contribution in [3.8, 4) is 0 Å². The van der Waals surface area contributed by atoms with Crippen LogP contribution in [0.3, 0.4) is 0 Å². The molecule has 0 unspecified atom stereocenters. The lowest BCUT2D eigenvalue weighted by Gasteiger charge is -2.08. The van der Waals surface area contributed by atoms with E-state index in [0.29, 0.717) is 22.7 Å². The average molecular weight is 329 g/mol. The van der Waals surface area contributed by atoms with Gasteiger partial charge in [-0.25, -0.2) is 8.78 Å². The largest absolute Gasteiger partial charge is 0.467 e. The molecule has 0 bridgehead atoms. The predicted octanol–water partition coefficient (Wildman–Crippen LogP) is 3.63. The first kappa shape index (κ1) is 15.7. The first-order valence-electron chi connectivity index (χ1n) is 7.09. The number of nitrogens with one attached hydrogen (secondary N) is 2. The van der Waals surface area contributed by atoms with E-state index >= 15 is 0 Å². The molecule has 1 amide bonds. The fourth-order valence-corrected chi connectivity index (χ4v) is 2.06. The highest BCUT2D eigenvalue weighted by Crippen LogP contribution is 2.19. The van der Waals surface area contributed by atoms with Crippen LogP contribution in [-0.2, 0) is 6.54 Å². The number of hydrogen-bond acceptors (Lipinski definition) is 4. The van der Waals surface area contributed by atoms with E-state index in [2.05, 4.69) is 15.6 Å². The van der Waals surface area contributed by atoms with Crippen LogP contribution in [0.2, 0.25) is 0 Å². The van der Waals surface area contributed by atoms with Crippen molar-refractivity contribution >= 4 is 17.3 Å². The van der Waals surface area contributed by atoms with Gasteiger partial charge in [-0.3, -0.25) is 9.78 Å². The molecule has 0 fully saturated rings. The van der Waals surface area contributed by atoms with Crippen molar-refractivity contribution < 1.29 is 18.0 Å². The first-order valence-corrected chi connectivity index (χ1v) is 7.09. The maximum atomic E-state index is 13.2. The summed E-state index contributed by atoms with van der Waals surface area (Å²) >= 11 is 0. The van der Waals surface area contributed by atoms with Crippen molar-refractivity contribution in [2.24, 2.45) is 0 Å². The zero-order valence-electron chi connectivity index (χ0n) is 12.4. The summed E-state index contributed by atoms with van der Waals surface area (Å²) in [6, 6.07) is 8.48. The summed E-state index contributed by atoms with van der Waals surface area (Å²) in [5.41, 5.74) is 1.16. The Labute approximate surface area is 136 Å². The topological polar surface area (TPSA) is 67.2 Å². The number of amides is 1. The Balaban J connectivity index is 1.68. The number of hydrogen-bond donors (Lipinski definition) is 2. The van der Waals surface area contributed by atoms with Gasteiger partial charge in [0.25, 0.3) is 5.91 Å². The maximum Gasteiger partial charge on any atom is 0.253 e. The molecule has 0 atom stereocenters. The van der Waals surface area contributed by atoms with E-state index < -0.39 is 11.6 Å². The van der Waals surface area contributed by atoms with Gasteiger partial charge >= 0.3 is 0 Å². The van der Waals surface area contributed by atoms with Crippen LogP contribution in [0, 0.1) is 11.6 Å². The minimum atomic E-state index is -0.958. The van der Waals surface area contributed by atoms with Crippen LogP contribution in [0.15, 0.2) is 59.5 Å². The van der Waals surface area contributed by atoms with Gasteiger partial charge in [0.2, 0.25) is 0 Å². The molecule has 3 rings (SSSR count). The number of nitrogens with zero attached hydrogens (tertiary/aromatic N) is 1. The number of anilines is 2. The Morgan fingerprint density at radius 2 is 1.96 bits per heavy atom. The van der Waals surface area contributed by atoms with E-state index in [9.17, 15) is 13.6 Å². The second-order valence-corrected chi connectivity index (χ2v) is 4.98. The molecule has 7 heteroatoms. The molecule has 0 saturated heterocycles. The van der Waals surface area contributed by atoms with Crippen molar-refractivity contribution in [1.82, 2.24) is 10.3 Å². The van der Waals surface area contributed by atoms with Crippen LogP contribution >= 0.6 is 0 Å². The maximum absolute atomic E-state index is 13.2. The minimum absolute atomic E-state index is 0.257. The zero-order valence-corrected chi connectivity index (χ0v) is 12.4. The van der Waals surface area contributed by atoms with Gasteiger partial charge in [0.05, 0.1) is 30.3 Å². The van der Waals surface area contributed by atoms with Crippen LogP contribution in [0.25, 0.3) is 0 Å². The normalized spacial score (nSPS) is 10.4. The molecule has 24 heavy (non-hydrogen) atoms. The Bertz CT molecular complexity index is 851. The molecular weight excluding hydrogens is 316 g/mol. The highest BCUT2D eigenvalue weighted by molar-refractivity contribution is 5.94. The second-order valence-electron chi connectivity index (χ2n) is 4.98. The highest BCUT2D eigenvalue weighted by Gasteiger charge is 2.09. The lowest BCUT2D eigenvalue weighted by atomic mass is 10.2. The van der Waals surface area contributed by atoms with Crippen LogP contribution in [-0.4, -0.2) is 10.9 Å². The molecule has 0 aliphatic carbocycles. The molecule has 3 aromatic rings. The summed E-state index contributed by atoms with van der Waals surface area (Å²) in [5.74, 6) is -1.58. The lowest BCUT2D eigenvalue weighted by Crippen LogP contribution is -2.22. The average Bonchev–Trinajstić information content (AvgIpc) is 3.10. The summed E-state index contributed by atoms with van der Waals surface area (Å²) in [6.07, 6.45) is 4.41. The summed E-state index contributed by atoms with van der Waals surface area (Å²) < 4.78 is 31.3. The molecule has 1 aromatic carbocycles. The molecule has 122 valence electrons. The molecule has 0 aliphatic heterocycles. The molecule has 0 spiro atoms. The van der Waals surface area contributed by atoms with Crippen molar-refractivity contribution in [2.45, 2.75) is 6.54 Å². The third-order valence-electron chi connectivity index (χ3n) is 3.21. The molecule has 0 saturated carbocycles.